The lowest BCUT2D eigenvalue weighted by molar-refractivity contribution is -0.166. The van der Waals surface area contributed by atoms with Crippen LogP contribution in [0.5, 0.6) is 5.75 Å². The van der Waals surface area contributed by atoms with Gasteiger partial charge < -0.3 is 9.47 Å². The second-order valence-electron chi connectivity index (χ2n) is 6.25. The Balaban J connectivity index is 2.35. The van der Waals surface area contributed by atoms with Crippen molar-refractivity contribution in [2.24, 2.45) is 5.41 Å². The van der Waals surface area contributed by atoms with Crippen molar-refractivity contribution in [1.82, 2.24) is 14.8 Å². The van der Waals surface area contributed by atoms with E-state index in [1.165, 1.54) is 17.3 Å². The summed E-state index contributed by atoms with van der Waals surface area (Å²) in [6.45, 7) is 5.82. The van der Waals surface area contributed by atoms with Crippen LogP contribution in [0.4, 0.5) is 0 Å². The van der Waals surface area contributed by atoms with E-state index in [1.54, 1.807) is 24.3 Å². The number of carbonyl (C=O) groups excluding carboxylic acids is 1. The maximum Gasteiger partial charge on any atom is 0.321 e. The highest BCUT2D eigenvalue weighted by Gasteiger charge is 2.39. The van der Waals surface area contributed by atoms with E-state index in [0.717, 1.165) is 0 Å². The summed E-state index contributed by atoms with van der Waals surface area (Å²) >= 11 is 11.5. The maximum atomic E-state index is 11.8. The van der Waals surface area contributed by atoms with Crippen LogP contribution in [-0.4, -0.2) is 32.7 Å². The Morgan fingerprint density at radius 1 is 1.29 bits per heavy atom. The molecule has 0 bridgehead atoms. The lowest BCUT2D eigenvalue weighted by Crippen LogP contribution is -2.42. The number of carbonyl (C=O) groups is 1. The third-order valence-electron chi connectivity index (χ3n) is 3.25. The van der Waals surface area contributed by atoms with Crippen LogP contribution in [0.1, 0.15) is 27.0 Å². The third-order valence-corrected chi connectivity index (χ3v) is 3.72. The van der Waals surface area contributed by atoms with E-state index in [0.29, 0.717) is 10.8 Å². The van der Waals surface area contributed by atoms with Crippen molar-refractivity contribution >= 4 is 29.2 Å². The average Bonchev–Trinajstić information content (AvgIpc) is 3.05. The van der Waals surface area contributed by atoms with Gasteiger partial charge in [0.2, 0.25) is 6.23 Å². The third kappa shape index (κ3) is 4.85. The van der Waals surface area contributed by atoms with Gasteiger partial charge in [0.25, 0.3) is 0 Å². The number of ether oxygens (including phenoxy) is 2. The number of hydrogen-bond acceptors (Lipinski definition) is 5. The van der Waals surface area contributed by atoms with Crippen LogP contribution in [0, 0.1) is 5.41 Å². The lowest BCUT2D eigenvalue weighted by Gasteiger charge is -2.35. The summed E-state index contributed by atoms with van der Waals surface area (Å²) in [5.74, 6) is -0.199. The second kappa shape index (κ2) is 7.85. The fourth-order valence-electron chi connectivity index (χ4n) is 2.09. The Morgan fingerprint density at radius 2 is 1.96 bits per heavy atom. The van der Waals surface area contributed by atoms with Gasteiger partial charge >= 0.3 is 5.97 Å². The number of nitrogens with zero attached hydrogens (tertiary/aromatic N) is 3. The van der Waals surface area contributed by atoms with Gasteiger partial charge in [-0.15, -0.1) is 11.6 Å². The minimum Gasteiger partial charge on any atom is -0.465 e. The van der Waals surface area contributed by atoms with Crippen molar-refractivity contribution in [2.75, 3.05) is 5.88 Å². The van der Waals surface area contributed by atoms with Crippen molar-refractivity contribution in [2.45, 2.75) is 33.1 Å². The number of hydrogen-bond donors (Lipinski definition) is 0. The molecule has 1 aromatic carbocycles. The van der Waals surface area contributed by atoms with E-state index in [9.17, 15) is 4.79 Å². The molecule has 0 aliphatic rings. The number of alkyl halides is 1. The van der Waals surface area contributed by atoms with Crippen molar-refractivity contribution < 1.29 is 14.3 Å². The Labute approximate surface area is 150 Å². The molecule has 8 heteroatoms. The Hall–Kier alpha value is -1.79. The molecule has 0 fully saturated rings. The minimum atomic E-state index is -0.708. The van der Waals surface area contributed by atoms with Crippen molar-refractivity contribution in [3.63, 3.8) is 0 Å². The SMILES string of the molecule is CC(C)(C)[C@@H](OC(=O)CCl)[C@H](Oc1ccc(Cl)cc1)n1cncn1. The van der Waals surface area contributed by atoms with Gasteiger partial charge in [-0.1, -0.05) is 32.4 Å². The van der Waals surface area contributed by atoms with Gasteiger partial charge in [0.1, 0.15) is 24.3 Å². The zero-order chi connectivity index (χ0) is 17.7. The second-order valence-corrected chi connectivity index (χ2v) is 6.95. The zero-order valence-electron chi connectivity index (χ0n) is 13.6. The number of benzene rings is 1. The molecule has 1 heterocycles. The molecular formula is C16H19Cl2N3O3. The molecule has 130 valence electrons. The van der Waals surface area contributed by atoms with Crippen LogP contribution in [0.2, 0.25) is 5.02 Å². The minimum absolute atomic E-state index is 0.238. The molecule has 2 rings (SSSR count). The standard InChI is InChI=1S/C16H19Cl2N3O3/c1-16(2,3)14(24-13(22)8-17)15(21-10-19-9-20-21)23-12-6-4-11(18)5-7-12/h4-7,9-10,14-15H,8H2,1-3H3/t14-,15-/m0/s1. The molecule has 24 heavy (non-hydrogen) atoms. The molecule has 0 aliphatic heterocycles. The Morgan fingerprint density at radius 3 is 2.46 bits per heavy atom. The highest BCUT2D eigenvalue weighted by Crippen LogP contribution is 2.33. The molecular weight excluding hydrogens is 353 g/mol. The highest BCUT2D eigenvalue weighted by atomic mass is 35.5. The molecule has 0 spiro atoms. The fraction of sp³-hybridized carbons (Fsp3) is 0.438. The summed E-state index contributed by atoms with van der Waals surface area (Å²) in [4.78, 5) is 15.7. The molecule has 2 atom stereocenters. The van der Waals surface area contributed by atoms with Gasteiger partial charge in [0.05, 0.1) is 0 Å². The van der Waals surface area contributed by atoms with Crippen molar-refractivity contribution in [3.05, 3.63) is 41.9 Å². The predicted octanol–water partition coefficient (Wildman–Crippen LogP) is 3.71. The Bertz CT molecular complexity index is 654. The number of halogens is 2. The molecule has 1 aromatic heterocycles. The van der Waals surface area contributed by atoms with Gasteiger partial charge in [0, 0.05) is 10.4 Å². The van der Waals surface area contributed by atoms with Crippen LogP contribution >= 0.6 is 23.2 Å². The van der Waals surface area contributed by atoms with E-state index < -0.39 is 23.7 Å². The average molecular weight is 372 g/mol. The molecule has 0 amide bonds. The smallest absolute Gasteiger partial charge is 0.321 e. The molecule has 0 radical (unpaired) electrons. The summed E-state index contributed by atoms with van der Waals surface area (Å²) in [5, 5.41) is 4.73. The van der Waals surface area contributed by atoms with Crippen LogP contribution < -0.4 is 4.74 Å². The first kappa shape index (κ1) is 18.5. The van der Waals surface area contributed by atoms with Crippen LogP contribution in [0.15, 0.2) is 36.9 Å². The first-order valence-electron chi connectivity index (χ1n) is 7.33. The normalized spacial score (nSPS) is 14.0. The topological polar surface area (TPSA) is 66.2 Å². The quantitative estimate of drug-likeness (QED) is 0.571. The number of rotatable bonds is 6. The summed E-state index contributed by atoms with van der Waals surface area (Å²) < 4.78 is 13.1. The van der Waals surface area contributed by atoms with Gasteiger partial charge in [0.15, 0.2) is 6.10 Å². The zero-order valence-corrected chi connectivity index (χ0v) is 15.2. The number of aromatic nitrogens is 3. The van der Waals surface area contributed by atoms with Gasteiger partial charge in [-0.05, 0) is 24.3 Å². The largest absolute Gasteiger partial charge is 0.465 e. The van der Waals surface area contributed by atoms with Gasteiger partial charge in [-0.2, -0.15) is 5.10 Å². The molecule has 2 aromatic rings. The summed E-state index contributed by atoms with van der Waals surface area (Å²) in [6, 6.07) is 6.89. The first-order valence-corrected chi connectivity index (χ1v) is 8.24. The van der Waals surface area contributed by atoms with Gasteiger partial charge in [-0.3, -0.25) is 4.79 Å². The summed E-state index contributed by atoms with van der Waals surface area (Å²) in [7, 11) is 0. The first-order chi connectivity index (χ1) is 11.3. The van der Waals surface area contributed by atoms with E-state index >= 15 is 0 Å². The van der Waals surface area contributed by atoms with E-state index in [1.807, 2.05) is 20.8 Å². The predicted molar refractivity (Wildman–Crippen MR) is 91.2 cm³/mol. The van der Waals surface area contributed by atoms with Gasteiger partial charge in [-0.25, -0.2) is 9.67 Å². The van der Waals surface area contributed by atoms with Crippen LogP contribution in [0.25, 0.3) is 0 Å². The van der Waals surface area contributed by atoms with E-state index in [2.05, 4.69) is 10.1 Å². The lowest BCUT2D eigenvalue weighted by atomic mass is 9.87. The molecule has 0 unspecified atom stereocenters. The summed E-state index contributed by atoms with van der Waals surface area (Å²) in [6.07, 6.45) is 1.55. The molecule has 0 N–H and O–H groups in total. The Kier molecular flexibility index (Phi) is 6.07. The van der Waals surface area contributed by atoms with Crippen molar-refractivity contribution in [1.29, 1.82) is 0 Å². The van der Waals surface area contributed by atoms with E-state index in [4.69, 9.17) is 32.7 Å². The molecule has 0 saturated carbocycles. The number of esters is 1. The van der Waals surface area contributed by atoms with Crippen molar-refractivity contribution in [3.8, 4) is 5.75 Å². The maximum absolute atomic E-state index is 11.8. The summed E-state index contributed by atoms with van der Waals surface area (Å²) in [5.41, 5.74) is -0.426. The van der Waals surface area contributed by atoms with Crippen LogP contribution in [0.3, 0.4) is 0 Å². The molecule has 0 saturated heterocycles. The van der Waals surface area contributed by atoms with E-state index in [-0.39, 0.29) is 5.88 Å². The highest BCUT2D eigenvalue weighted by molar-refractivity contribution is 6.30. The molecule has 0 aliphatic carbocycles. The molecule has 6 nitrogen and oxygen atoms in total. The fourth-order valence-corrected chi connectivity index (χ4v) is 2.28. The van der Waals surface area contributed by atoms with Crippen LogP contribution in [-0.2, 0) is 9.53 Å². The monoisotopic (exact) mass is 371 g/mol.